The number of halogens is 1. The number of hydrogen-bond acceptors (Lipinski definition) is 1. The second kappa shape index (κ2) is 6.28. The molecule has 0 radical (unpaired) electrons. The molecule has 1 N–H and O–H groups in total. The number of unbranched alkanes of at least 4 members (excludes halogenated alkanes) is 1. The van der Waals surface area contributed by atoms with Crippen LogP contribution in [0.15, 0.2) is 0 Å². The topological polar surface area (TPSA) is 29.1 Å². The first-order chi connectivity index (χ1) is 6.72. The third-order valence-electron chi connectivity index (χ3n) is 2.73. The zero-order chi connectivity index (χ0) is 10.4. The van der Waals surface area contributed by atoms with Gasteiger partial charge in [-0.3, -0.25) is 4.79 Å². The zero-order valence-corrected chi connectivity index (χ0v) is 9.65. The highest BCUT2D eigenvalue weighted by molar-refractivity contribution is 6.20. The summed E-state index contributed by atoms with van der Waals surface area (Å²) < 4.78 is 0. The van der Waals surface area contributed by atoms with Gasteiger partial charge in [-0.2, -0.15) is 0 Å². The summed E-state index contributed by atoms with van der Waals surface area (Å²) in [5.74, 6) is 0.197. The molecule has 0 bridgehead atoms. The molecule has 3 heteroatoms. The number of carbonyl (C=O) groups excluding carboxylic acids is 1. The molecule has 0 aliphatic heterocycles. The number of hydrogen-bond donors (Lipinski definition) is 1. The Labute approximate surface area is 91.4 Å². The van der Waals surface area contributed by atoms with Crippen LogP contribution in [0.25, 0.3) is 0 Å². The zero-order valence-electron chi connectivity index (χ0n) is 8.89. The molecular formula is C11H20ClNO. The normalized spacial score (nSPS) is 27.3. The fraction of sp³-hybridized carbons (Fsp3) is 0.909. The van der Waals surface area contributed by atoms with Crippen LogP contribution in [-0.2, 0) is 4.79 Å². The third-order valence-corrected chi connectivity index (χ3v) is 3.13. The lowest BCUT2D eigenvalue weighted by molar-refractivity contribution is -0.122. The molecule has 82 valence electrons. The molecule has 2 nitrogen and oxygen atoms in total. The van der Waals surface area contributed by atoms with Crippen LogP contribution in [0.1, 0.15) is 51.9 Å². The summed E-state index contributed by atoms with van der Waals surface area (Å²) in [4.78, 5) is 11.4. The maximum absolute atomic E-state index is 11.4. The lowest BCUT2D eigenvalue weighted by Crippen LogP contribution is -2.38. The van der Waals surface area contributed by atoms with Gasteiger partial charge in [0.1, 0.15) is 0 Å². The van der Waals surface area contributed by atoms with Crippen molar-refractivity contribution in [1.29, 1.82) is 0 Å². The molecule has 0 heterocycles. The van der Waals surface area contributed by atoms with E-state index in [9.17, 15) is 4.79 Å². The summed E-state index contributed by atoms with van der Waals surface area (Å²) in [6.07, 6.45) is 7.02. The average Bonchev–Trinajstić information content (AvgIpc) is 2.15. The van der Waals surface area contributed by atoms with Crippen molar-refractivity contribution in [3.05, 3.63) is 0 Å². The summed E-state index contributed by atoms with van der Waals surface area (Å²) in [7, 11) is 0. The van der Waals surface area contributed by atoms with E-state index in [0.29, 0.717) is 12.5 Å². The van der Waals surface area contributed by atoms with E-state index < -0.39 is 0 Å². The average molecular weight is 218 g/mol. The van der Waals surface area contributed by atoms with Gasteiger partial charge >= 0.3 is 0 Å². The van der Waals surface area contributed by atoms with Gasteiger partial charge in [-0.1, -0.05) is 13.3 Å². The SMILES string of the molecule is CCCCC(=O)NC1CCCC(Cl)C1. The summed E-state index contributed by atoms with van der Waals surface area (Å²) in [6.45, 7) is 2.10. The van der Waals surface area contributed by atoms with Crippen molar-refractivity contribution < 1.29 is 4.79 Å². The Kier molecular flexibility index (Phi) is 5.31. The second-order valence-electron chi connectivity index (χ2n) is 4.13. The summed E-state index contributed by atoms with van der Waals surface area (Å²) in [6, 6.07) is 0.329. The molecule has 0 aromatic rings. The molecule has 2 atom stereocenters. The lowest BCUT2D eigenvalue weighted by atomic mass is 9.95. The van der Waals surface area contributed by atoms with Crippen LogP contribution in [0.4, 0.5) is 0 Å². The van der Waals surface area contributed by atoms with E-state index >= 15 is 0 Å². The monoisotopic (exact) mass is 217 g/mol. The molecule has 1 aliphatic carbocycles. The Morgan fingerprint density at radius 1 is 1.50 bits per heavy atom. The van der Waals surface area contributed by atoms with Gasteiger partial charge in [-0.05, 0) is 32.1 Å². The minimum Gasteiger partial charge on any atom is -0.353 e. The number of alkyl halides is 1. The molecule has 1 saturated carbocycles. The Hall–Kier alpha value is -0.240. The van der Waals surface area contributed by atoms with Crippen molar-refractivity contribution in [1.82, 2.24) is 5.32 Å². The number of carbonyl (C=O) groups is 1. The Morgan fingerprint density at radius 2 is 2.29 bits per heavy atom. The molecular weight excluding hydrogens is 198 g/mol. The smallest absolute Gasteiger partial charge is 0.220 e. The summed E-state index contributed by atoms with van der Waals surface area (Å²) in [5.41, 5.74) is 0. The molecule has 0 aromatic heterocycles. The van der Waals surface area contributed by atoms with E-state index in [1.165, 1.54) is 0 Å². The highest BCUT2D eigenvalue weighted by Crippen LogP contribution is 2.22. The maximum Gasteiger partial charge on any atom is 0.220 e. The van der Waals surface area contributed by atoms with Crippen LogP contribution in [0, 0.1) is 0 Å². The van der Waals surface area contributed by atoms with Gasteiger partial charge in [0.05, 0.1) is 0 Å². The second-order valence-corrected chi connectivity index (χ2v) is 4.75. The quantitative estimate of drug-likeness (QED) is 0.721. The fourth-order valence-electron chi connectivity index (χ4n) is 1.90. The molecule has 0 saturated heterocycles. The highest BCUT2D eigenvalue weighted by Gasteiger charge is 2.21. The van der Waals surface area contributed by atoms with Gasteiger partial charge < -0.3 is 5.32 Å². The Balaban J connectivity index is 2.18. The molecule has 1 rings (SSSR count). The standard InChI is InChI=1S/C11H20ClNO/c1-2-3-7-11(14)13-10-6-4-5-9(12)8-10/h9-10H,2-8H2,1H3,(H,13,14). The van der Waals surface area contributed by atoms with Gasteiger partial charge in [-0.25, -0.2) is 0 Å². The van der Waals surface area contributed by atoms with Gasteiger partial charge in [0.2, 0.25) is 5.91 Å². The molecule has 0 aromatic carbocycles. The molecule has 14 heavy (non-hydrogen) atoms. The van der Waals surface area contributed by atoms with Gasteiger partial charge in [0.25, 0.3) is 0 Å². The van der Waals surface area contributed by atoms with E-state index in [0.717, 1.165) is 38.5 Å². The predicted octanol–water partition coefficient (Wildman–Crippen LogP) is 2.84. The van der Waals surface area contributed by atoms with Crippen molar-refractivity contribution in [2.45, 2.75) is 63.3 Å². The van der Waals surface area contributed by atoms with Crippen LogP contribution < -0.4 is 5.32 Å². The first-order valence-corrected chi connectivity index (χ1v) is 6.09. The van der Waals surface area contributed by atoms with E-state index in [2.05, 4.69) is 12.2 Å². The number of nitrogens with one attached hydrogen (secondary N) is 1. The van der Waals surface area contributed by atoms with E-state index in [-0.39, 0.29) is 11.3 Å². The molecule has 1 fully saturated rings. The first kappa shape index (κ1) is 11.8. The lowest BCUT2D eigenvalue weighted by Gasteiger charge is -2.26. The van der Waals surface area contributed by atoms with Gasteiger partial charge in [0.15, 0.2) is 0 Å². The van der Waals surface area contributed by atoms with Crippen LogP contribution in [0.5, 0.6) is 0 Å². The first-order valence-electron chi connectivity index (χ1n) is 5.65. The molecule has 2 unspecified atom stereocenters. The van der Waals surface area contributed by atoms with Crippen molar-refractivity contribution in [2.24, 2.45) is 0 Å². The van der Waals surface area contributed by atoms with Crippen molar-refractivity contribution >= 4 is 17.5 Å². The van der Waals surface area contributed by atoms with Crippen molar-refractivity contribution in [3.63, 3.8) is 0 Å². The van der Waals surface area contributed by atoms with Crippen LogP contribution >= 0.6 is 11.6 Å². The van der Waals surface area contributed by atoms with E-state index in [4.69, 9.17) is 11.6 Å². The largest absolute Gasteiger partial charge is 0.353 e. The molecule has 1 aliphatic rings. The van der Waals surface area contributed by atoms with Crippen LogP contribution in [0.2, 0.25) is 0 Å². The highest BCUT2D eigenvalue weighted by atomic mass is 35.5. The minimum absolute atomic E-state index is 0.197. The number of amides is 1. The fourth-order valence-corrected chi connectivity index (χ4v) is 2.27. The summed E-state index contributed by atoms with van der Waals surface area (Å²) in [5, 5.41) is 3.32. The van der Waals surface area contributed by atoms with E-state index in [1.54, 1.807) is 0 Å². The maximum atomic E-state index is 11.4. The van der Waals surface area contributed by atoms with Crippen LogP contribution in [-0.4, -0.2) is 17.3 Å². The Morgan fingerprint density at radius 3 is 2.93 bits per heavy atom. The van der Waals surface area contributed by atoms with Crippen molar-refractivity contribution in [2.75, 3.05) is 0 Å². The molecule has 0 spiro atoms. The van der Waals surface area contributed by atoms with Crippen molar-refractivity contribution in [3.8, 4) is 0 Å². The minimum atomic E-state index is 0.197. The van der Waals surface area contributed by atoms with Crippen LogP contribution in [0.3, 0.4) is 0 Å². The predicted molar refractivity (Wildman–Crippen MR) is 59.6 cm³/mol. The summed E-state index contributed by atoms with van der Waals surface area (Å²) >= 11 is 6.05. The molecule has 1 amide bonds. The Bertz CT molecular complexity index is 184. The van der Waals surface area contributed by atoms with E-state index in [1.807, 2.05) is 0 Å². The third kappa shape index (κ3) is 4.32. The number of rotatable bonds is 4. The van der Waals surface area contributed by atoms with Gasteiger partial charge in [-0.15, -0.1) is 11.6 Å². The van der Waals surface area contributed by atoms with Gasteiger partial charge in [0, 0.05) is 17.8 Å².